The summed E-state index contributed by atoms with van der Waals surface area (Å²) in [5.41, 5.74) is 0. The van der Waals surface area contributed by atoms with Crippen LogP contribution in [-0.2, 0) is 0 Å². The topological polar surface area (TPSA) is 0 Å². The van der Waals surface area contributed by atoms with E-state index in [2.05, 4.69) is 19.2 Å². The molecule has 0 saturated carbocycles. The van der Waals surface area contributed by atoms with E-state index in [4.69, 9.17) is 0 Å². The van der Waals surface area contributed by atoms with Crippen LogP contribution in [0.3, 0.4) is 0 Å². The Labute approximate surface area is 63.8 Å². The quantitative estimate of drug-likeness (QED) is 0.330. The van der Waals surface area contributed by atoms with Crippen LogP contribution in [-0.4, -0.2) is 5.75 Å². The van der Waals surface area contributed by atoms with Crippen LogP contribution in [0.5, 0.6) is 0 Å². The van der Waals surface area contributed by atoms with Gasteiger partial charge in [0, 0.05) is 0 Å². The highest BCUT2D eigenvalue weighted by Crippen LogP contribution is 2.03. The second-order valence-electron chi connectivity index (χ2n) is 2.22. The molecule has 0 radical (unpaired) electrons. The van der Waals surface area contributed by atoms with E-state index in [0.29, 0.717) is 0 Å². The van der Waals surface area contributed by atoms with Crippen molar-refractivity contribution in [2.45, 2.75) is 32.1 Å². The van der Waals surface area contributed by atoms with Crippen LogP contribution in [0.25, 0.3) is 0 Å². The lowest BCUT2D eigenvalue weighted by molar-refractivity contribution is 0.679. The Morgan fingerprint density at radius 2 is 1.78 bits per heavy atom. The van der Waals surface area contributed by atoms with Gasteiger partial charge >= 0.3 is 0 Å². The zero-order valence-corrected chi connectivity index (χ0v) is 6.87. The lowest BCUT2D eigenvalue weighted by Crippen LogP contribution is -1.77. The van der Waals surface area contributed by atoms with Gasteiger partial charge in [0.2, 0.25) is 0 Å². The molecule has 0 N–H and O–H groups in total. The molecule has 9 heavy (non-hydrogen) atoms. The fraction of sp³-hybridized carbons (Fsp3) is 0.750. The molecule has 0 atom stereocenters. The molecule has 54 valence electrons. The fourth-order valence-electron chi connectivity index (χ4n) is 0.754. The van der Waals surface area contributed by atoms with Gasteiger partial charge in [0.05, 0.1) is 0 Å². The molecule has 0 saturated heterocycles. The second kappa shape index (κ2) is 8.09. The normalized spacial score (nSPS) is 9.44. The van der Waals surface area contributed by atoms with Gasteiger partial charge in [-0.15, -0.1) is 6.58 Å². The Bertz CT molecular complexity index is 59.6. The largest absolute Gasteiger partial charge is 0.179 e. The molecule has 0 aromatic heterocycles. The van der Waals surface area contributed by atoms with Gasteiger partial charge in [0.15, 0.2) is 0 Å². The van der Waals surface area contributed by atoms with Crippen molar-refractivity contribution in [1.29, 1.82) is 0 Å². The molecule has 0 heterocycles. The van der Waals surface area contributed by atoms with E-state index < -0.39 is 0 Å². The van der Waals surface area contributed by atoms with Gasteiger partial charge in [-0.05, 0) is 25.0 Å². The first kappa shape index (κ1) is 9.09. The molecule has 0 aromatic carbocycles. The van der Waals surface area contributed by atoms with Gasteiger partial charge in [-0.25, -0.2) is 0 Å². The third-order valence-electron chi connectivity index (χ3n) is 1.32. The molecule has 0 amide bonds. The Kier molecular flexibility index (Phi) is 8.17. The van der Waals surface area contributed by atoms with E-state index in [1.165, 1.54) is 32.1 Å². The number of hydrogen-bond donors (Lipinski definition) is 1. The van der Waals surface area contributed by atoms with E-state index in [9.17, 15) is 0 Å². The summed E-state index contributed by atoms with van der Waals surface area (Å²) < 4.78 is 0. The third-order valence-corrected chi connectivity index (χ3v) is 1.63. The second-order valence-corrected chi connectivity index (χ2v) is 2.66. The molecule has 0 aromatic rings. The Morgan fingerprint density at radius 3 is 2.33 bits per heavy atom. The monoisotopic (exact) mass is 144 g/mol. The Morgan fingerprint density at radius 1 is 1.11 bits per heavy atom. The highest BCUT2D eigenvalue weighted by molar-refractivity contribution is 7.80. The first-order chi connectivity index (χ1) is 4.41. The zero-order valence-electron chi connectivity index (χ0n) is 5.97. The van der Waals surface area contributed by atoms with Gasteiger partial charge < -0.3 is 0 Å². The minimum Gasteiger partial charge on any atom is -0.179 e. The predicted molar refractivity (Wildman–Crippen MR) is 47.1 cm³/mol. The van der Waals surface area contributed by atoms with Crippen LogP contribution in [0, 0.1) is 0 Å². The highest BCUT2D eigenvalue weighted by Gasteiger charge is 1.84. The van der Waals surface area contributed by atoms with Crippen molar-refractivity contribution < 1.29 is 0 Å². The summed E-state index contributed by atoms with van der Waals surface area (Å²) in [7, 11) is 0. The average Bonchev–Trinajstić information content (AvgIpc) is 1.89. The van der Waals surface area contributed by atoms with Crippen molar-refractivity contribution in [3.05, 3.63) is 12.7 Å². The standard InChI is InChI=1S/C8H16S/c1-2-3-4-5-6-7-8-9/h2,9H,1,3-8H2. The molecule has 0 fully saturated rings. The van der Waals surface area contributed by atoms with E-state index in [-0.39, 0.29) is 0 Å². The van der Waals surface area contributed by atoms with Crippen LogP contribution in [0.2, 0.25) is 0 Å². The van der Waals surface area contributed by atoms with Gasteiger partial charge in [0.25, 0.3) is 0 Å². The minimum absolute atomic E-state index is 1.04. The molecule has 1 heteroatoms. The molecule has 0 aliphatic rings. The minimum atomic E-state index is 1.04. The van der Waals surface area contributed by atoms with Crippen molar-refractivity contribution in [3.8, 4) is 0 Å². The maximum Gasteiger partial charge on any atom is -0.00979 e. The molecule has 0 bridgehead atoms. The average molecular weight is 144 g/mol. The molecule has 0 unspecified atom stereocenters. The number of hydrogen-bond acceptors (Lipinski definition) is 1. The van der Waals surface area contributed by atoms with Crippen LogP contribution in [0.4, 0.5) is 0 Å². The molecule has 0 rings (SSSR count). The lowest BCUT2D eigenvalue weighted by Gasteiger charge is -1.94. The van der Waals surface area contributed by atoms with Gasteiger partial charge in [-0.2, -0.15) is 12.6 Å². The maximum absolute atomic E-state index is 4.13. The molecule has 0 nitrogen and oxygen atoms in total. The van der Waals surface area contributed by atoms with E-state index in [1.807, 2.05) is 6.08 Å². The van der Waals surface area contributed by atoms with E-state index >= 15 is 0 Å². The predicted octanol–water partition coefficient (Wildman–Crippen LogP) is 3.05. The van der Waals surface area contributed by atoms with Crippen molar-refractivity contribution in [2.75, 3.05) is 5.75 Å². The number of thiol groups is 1. The van der Waals surface area contributed by atoms with Crippen molar-refractivity contribution in [1.82, 2.24) is 0 Å². The Balaban J connectivity index is 2.66. The number of allylic oxidation sites excluding steroid dienone is 1. The molecule has 0 aliphatic heterocycles. The van der Waals surface area contributed by atoms with Gasteiger partial charge in [-0.3, -0.25) is 0 Å². The summed E-state index contributed by atoms with van der Waals surface area (Å²) in [6.45, 7) is 3.66. The SMILES string of the molecule is C=CCCCCCCS. The lowest BCUT2D eigenvalue weighted by atomic mass is 10.2. The smallest absolute Gasteiger partial charge is 0.00979 e. The summed E-state index contributed by atoms with van der Waals surface area (Å²) in [5, 5.41) is 0. The number of unbranched alkanes of at least 4 members (excludes halogenated alkanes) is 4. The van der Waals surface area contributed by atoms with Crippen LogP contribution in [0.15, 0.2) is 12.7 Å². The van der Waals surface area contributed by atoms with Crippen LogP contribution >= 0.6 is 12.6 Å². The molecular formula is C8H16S. The molecular weight excluding hydrogens is 128 g/mol. The fourth-order valence-corrected chi connectivity index (χ4v) is 0.978. The summed E-state index contributed by atoms with van der Waals surface area (Å²) >= 11 is 4.13. The van der Waals surface area contributed by atoms with E-state index in [1.54, 1.807) is 0 Å². The highest BCUT2D eigenvalue weighted by atomic mass is 32.1. The van der Waals surface area contributed by atoms with Crippen molar-refractivity contribution >= 4 is 12.6 Å². The van der Waals surface area contributed by atoms with Crippen molar-refractivity contribution in [2.24, 2.45) is 0 Å². The van der Waals surface area contributed by atoms with Gasteiger partial charge in [0.1, 0.15) is 0 Å². The number of rotatable bonds is 6. The molecule has 0 aliphatic carbocycles. The summed E-state index contributed by atoms with van der Waals surface area (Å²) in [6, 6.07) is 0. The summed E-state index contributed by atoms with van der Waals surface area (Å²) in [5.74, 6) is 1.04. The van der Waals surface area contributed by atoms with Crippen molar-refractivity contribution in [3.63, 3.8) is 0 Å². The summed E-state index contributed by atoms with van der Waals surface area (Å²) in [6.07, 6.45) is 8.40. The first-order valence-electron chi connectivity index (χ1n) is 3.63. The third kappa shape index (κ3) is 8.09. The van der Waals surface area contributed by atoms with Crippen LogP contribution in [0.1, 0.15) is 32.1 Å². The maximum atomic E-state index is 4.13. The van der Waals surface area contributed by atoms with Crippen LogP contribution < -0.4 is 0 Å². The Hall–Kier alpha value is 0.0900. The first-order valence-corrected chi connectivity index (χ1v) is 4.27. The van der Waals surface area contributed by atoms with Gasteiger partial charge in [-0.1, -0.05) is 18.9 Å². The zero-order chi connectivity index (χ0) is 6.95. The summed E-state index contributed by atoms with van der Waals surface area (Å²) in [4.78, 5) is 0. The molecule has 0 spiro atoms. The van der Waals surface area contributed by atoms with E-state index in [0.717, 1.165) is 5.75 Å².